The second kappa shape index (κ2) is 4.28. The molecule has 1 aliphatic rings. The molecule has 1 aromatic carbocycles. The molecule has 15 heavy (non-hydrogen) atoms. The molecule has 1 aliphatic carbocycles. The van der Waals surface area contributed by atoms with Gasteiger partial charge in [-0.05, 0) is 54.2 Å². The first-order valence-electron chi connectivity index (χ1n) is 5.41. The monoisotopic (exact) mass is 216 g/mol. The molecule has 0 amide bonds. The Morgan fingerprint density at radius 2 is 2.20 bits per heavy atom. The van der Waals surface area contributed by atoms with Crippen LogP contribution in [0.1, 0.15) is 31.4 Å². The van der Waals surface area contributed by atoms with Gasteiger partial charge >= 0.3 is 0 Å². The largest absolute Gasteiger partial charge is 0.143 e. The number of benzene rings is 1. The molecule has 0 spiro atoms. The summed E-state index contributed by atoms with van der Waals surface area (Å²) in [5.74, 6) is 0. The summed E-state index contributed by atoms with van der Waals surface area (Å²) in [4.78, 5) is 1.06. The van der Waals surface area contributed by atoms with E-state index in [0.29, 0.717) is 0 Å². The van der Waals surface area contributed by atoms with Crippen LogP contribution in [0.4, 0.5) is 0 Å². The van der Waals surface area contributed by atoms with E-state index in [4.69, 9.17) is 0 Å². The maximum Gasteiger partial charge on any atom is 0.00432 e. The Labute approximate surface area is 97.1 Å². The van der Waals surface area contributed by atoms with Gasteiger partial charge in [-0.2, -0.15) is 0 Å². The number of allylic oxidation sites excluding steroid dienone is 4. The molecular formula is C14H16S. The van der Waals surface area contributed by atoms with E-state index >= 15 is 0 Å². The maximum atomic E-state index is 4.38. The van der Waals surface area contributed by atoms with Crippen molar-refractivity contribution < 1.29 is 0 Å². The third-order valence-electron chi connectivity index (χ3n) is 2.91. The van der Waals surface area contributed by atoms with Gasteiger partial charge in [0.2, 0.25) is 0 Å². The second-order valence-electron chi connectivity index (χ2n) is 3.98. The minimum Gasteiger partial charge on any atom is -0.143 e. The van der Waals surface area contributed by atoms with Gasteiger partial charge in [-0.15, -0.1) is 12.6 Å². The van der Waals surface area contributed by atoms with Gasteiger partial charge in [0.05, 0.1) is 0 Å². The molecule has 0 atom stereocenters. The van der Waals surface area contributed by atoms with E-state index < -0.39 is 0 Å². The number of hydrogen-bond donors (Lipinski definition) is 1. The molecule has 0 aliphatic heterocycles. The van der Waals surface area contributed by atoms with E-state index in [1.807, 2.05) is 0 Å². The normalized spacial score (nSPS) is 15.1. The highest BCUT2D eigenvalue weighted by Gasteiger charge is 2.16. The van der Waals surface area contributed by atoms with E-state index in [1.54, 1.807) is 0 Å². The molecule has 0 saturated carbocycles. The van der Waals surface area contributed by atoms with Crippen LogP contribution in [-0.4, -0.2) is 0 Å². The van der Waals surface area contributed by atoms with Crippen molar-refractivity contribution in [3.8, 4) is 0 Å². The molecule has 0 aromatic heterocycles. The first-order chi connectivity index (χ1) is 7.22. The summed E-state index contributed by atoms with van der Waals surface area (Å²) in [5.41, 5.74) is 5.67. The van der Waals surface area contributed by atoms with Gasteiger partial charge in [0.25, 0.3) is 0 Å². The van der Waals surface area contributed by atoms with Gasteiger partial charge in [-0.1, -0.05) is 25.1 Å². The average Bonchev–Trinajstić information content (AvgIpc) is 2.52. The Morgan fingerprint density at radius 1 is 1.40 bits per heavy atom. The summed E-state index contributed by atoms with van der Waals surface area (Å²) in [6, 6.07) is 6.42. The lowest BCUT2D eigenvalue weighted by Crippen LogP contribution is -1.82. The Morgan fingerprint density at radius 3 is 2.93 bits per heavy atom. The minimum absolute atomic E-state index is 1.06. The molecule has 0 unspecified atom stereocenters. The van der Waals surface area contributed by atoms with Crippen molar-refractivity contribution in [2.75, 3.05) is 0 Å². The van der Waals surface area contributed by atoms with Crippen molar-refractivity contribution in [3.63, 3.8) is 0 Å². The fourth-order valence-electron chi connectivity index (χ4n) is 2.05. The van der Waals surface area contributed by atoms with Crippen LogP contribution >= 0.6 is 12.6 Å². The first-order valence-corrected chi connectivity index (χ1v) is 5.85. The number of thiol groups is 1. The van der Waals surface area contributed by atoms with Crippen LogP contribution < -0.4 is 0 Å². The van der Waals surface area contributed by atoms with Gasteiger partial charge in [0.15, 0.2) is 0 Å². The van der Waals surface area contributed by atoms with Crippen molar-refractivity contribution in [1.29, 1.82) is 0 Å². The van der Waals surface area contributed by atoms with Crippen LogP contribution in [0.5, 0.6) is 0 Å². The highest BCUT2D eigenvalue weighted by molar-refractivity contribution is 7.80. The van der Waals surface area contributed by atoms with Crippen molar-refractivity contribution in [3.05, 3.63) is 47.1 Å². The minimum atomic E-state index is 1.06. The van der Waals surface area contributed by atoms with Crippen LogP contribution in [0.3, 0.4) is 0 Å². The lowest BCUT2D eigenvalue weighted by molar-refractivity contribution is 1.18. The molecule has 1 heteroatoms. The summed E-state index contributed by atoms with van der Waals surface area (Å²) in [5, 5.41) is 0. The Balaban J connectivity index is 2.36. The Kier molecular flexibility index (Phi) is 3.01. The van der Waals surface area contributed by atoms with Crippen LogP contribution in [0.2, 0.25) is 0 Å². The number of hydrogen-bond acceptors (Lipinski definition) is 1. The standard InChI is InChI=1S/C14H16S/c1-3-4-5-11-8-12-9-13(15)6-7-14(12)10(11)2/h4-7,9,15H,3,8H2,1-2H3/b5-4-. The highest BCUT2D eigenvalue weighted by atomic mass is 32.1. The fourth-order valence-corrected chi connectivity index (χ4v) is 2.28. The van der Waals surface area contributed by atoms with E-state index in [-0.39, 0.29) is 0 Å². The summed E-state index contributed by atoms with van der Waals surface area (Å²) in [6.45, 7) is 4.37. The summed E-state index contributed by atoms with van der Waals surface area (Å²) in [7, 11) is 0. The van der Waals surface area contributed by atoms with E-state index in [1.165, 1.54) is 22.3 Å². The van der Waals surface area contributed by atoms with Gasteiger partial charge < -0.3 is 0 Å². The van der Waals surface area contributed by atoms with Crippen molar-refractivity contribution in [1.82, 2.24) is 0 Å². The smallest absolute Gasteiger partial charge is 0.00432 e. The summed E-state index contributed by atoms with van der Waals surface area (Å²) in [6.07, 6.45) is 6.65. The summed E-state index contributed by atoms with van der Waals surface area (Å²) >= 11 is 4.38. The summed E-state index contributed by atoms with van der Waals surface area (Å²) < 4.78 is 0. The fraction of sp³-hybridized carbons (Fsp3) is 0.286. The van der Waals surface area contributed by atoms with Gasteiger partial charge in [0, 0.05) is 4.90 Å². The van der Waals surface area contributed by atoms with Gasteiger partial charge in [0.1, 0.15) is 0 Å². The zero-order valence-corrected chi connectivity index (χ0v) is 10.1. The zero-order valence-electron chi connectivity index (χ0n) is 9.25. The van der Waals surface area contributed by atoms with E-state index in [2.05, 4.69) is 56.8 Å². The van der Waals surface area contributed by atoms with Crippen LogP contribution in [0, 0.1) is 0 Å². The zero-order chi connectivity index (χ0) is 10.8. The Hall–Kier alpha value is -0.950. The predicted molar refractivity (Wildman–Crippen MR) is 69.4 cm³/mol. The predicted octanol–water partition coefficient (Wildman–Crippen LogP) is 4.27. The van der Waals surface area contributed by atoms with Crippen molar-refractivity contribution in [2.45, 2.75) is 31.6 Å². The van der Waals surface area contributed by atoms with Crippen LogP contribution in [0.25, 0.3) is 5.57 Å². The molecule has 0 nitrogen and oxygen atoms in total. The number of fused-ring (bicyclic) bond motifs is 1. The van der Waals surface area contributed by atoms with E-state index in [0.717, 1.165) is 17.7 Å². The lowest BCUT2D eigenvalue weighted by atomic mass is 10.1. The number of rotatable bonds is 2. The average molecular weight is 216 g/mol. The van der Waals surface area contributed by atoms with Gasteiger partial charge in [-0.3, -0.25) is 0 Å². The lowest BCUT2D eigenvalue weighted by Gasteiger charge is -2.00. The Bertz CT molecular complexity index is 439. The van der Waals surface area contributed by atoms with Crippen LogP contribution in [0.15, 0.2) is 40.8 Å². The molecule has 0 N–H and O–H groups in total. The molecule has 0 heterocycles. The van der Waals surface area contributed by atoms with Crippen LogP contribution in [-0.2, 0) is 6.42 Å². The molecule has 1 aromatic rings. The highest BCUT2D eigenvalue weighted by Crippen LogP contribution is 2.34. The second-order valence-corrected chi connectivity index (χ2v) is 4.50. The molecule has 0 fully saturated rings. The quantitative estimate of drug-likeness (QED) is 0.701. The third kappa shape index (κ3) is 2.03. The molecular weight excluding hydrogens is 200 g/mol. The van der Waals surface area contributed by atoms with Crippen molar-refractivity contribution >= 4 is 18.2 Å². The third-order valence-corrected chi connectivity index (χ3v) is 3.19. The van der Waals surface area contributed by atoms with E-state index in [9.17, 15) is 0 Å². The first kappa shape index (κ1) is 10.6. The molecule has 78 valence electrons. The van der Waals surface area contributed by atoms with Crippen molar-refractivity contribution in [2.24, 2.45) is 0 Å². The topological polar surface area (TPSA) is 0 Å². The SMILES string of the molecule is CC/C=C\C1=C(C)c2ccc(S)cc2C1. The molecule has 0 saturated heterocycles. The molecule has 0 bridgehead atoms. The molecule has 2 rings (SSSR count). The maximum absolute atomic E-state index is 4.38. The molecule has 0 radical (unpaired) electrons. The van der Waals surface area contributed by atoms with Gasteiger partial charge in [-0.25, -0.2) is 0 Å².